The Labute approximate surface area is 167 Å². The third-order valence-electron chi connectivity index (χ3n) is 3.28. The summed E-state index contributed by atoms with van der Waals surface area (Å²) in [5.74, 6) is 0.810. The Morgan fingerprint density at radius 1 is 1.30 bits per heavy atom. The number of halogens is 2. The van der Waals surface area contributed by atoms with E-state index in [1.807, 2.05) is 12.1 Å². The smallest absolute Gasteiger partial charge is 0.191 e. The maximum atomic E-state index is 4.55. The molecule has 2 N–H and O–H groups in total. The monoisotopic (exact) mass is 508 g/mol. The molecule has 1 aromatic heterocycles. The van der Waals surface area contributed by atoms with Crippen molar-refractivity contribution in [2.24, 2.45) is 4.99 Å². The number of aryl methyl sites for hydroxylation is 2. The van der Waals surface area contributed by atoms with Crippen LogP contribution in [0.15, 0.2) is 33.7 Å². The lowest BCUT2D eigenvalue weighted by Crippen LogP contribution is -2.37. The van der Waals surface area contributed by atoms with E-state index in [4.69, 9.17) is 0 Å². The molecule has 7 heteroatoms. The Morgan fingerprint density at radius 2 is 2.09 bits per heavy atom. The zero-order valence-corrected chi connectivity index (χ0v) is 18.3. The van der Waals surface area contributed by atoms with Gasteiger partial charge in [-0.25, -0.2) is 4.98 Å². The van der Waals surface area contributed by atoms with Gasteiger partial charge >= 0.3 is 0 Å². The number of nitrogens with zero attached hydrogens (tertiary/aromatic N) is 2. The lowest BCUT2D eigenvalue weighted by molar-refractivity contribution is 0.790. The van der Waals surface area contributed by atoms with Crippen molar-refractivity contribution in [3.63, 3.8) is 0 Å². The fourth-order valence-corrected chi connectivity index (χ4v) is 3.37. The molecule has 4 nitrogen and oxygen atoms in total. The van der Waals surface area contributed by atoms with E-state index in [2.05, 4.69) is 62.5 Å². The number of aromatic nitrogens is 1. The van der Waals surface area contributed by atoms with Crippen LogP contribution in [0.1, 0.15) is 21.1 Å². The summed E-state index contributed by atoms with van der Waals surface area (Å²) >= 11 is 5.25. The zero-order valence-electron chi connectivity index (χ0n) is 13.5. The van der Waals surface area contributed by atoms with E-state index >= 15 is 0 Å². The number of thiazole rings is 1. The molecular formula is C16H22BrIN4S. The summed E-state index contributed by atoms with van der Waals surface area (Å²) in [5.41, 5.74) is 2.35. The normalized spacial score (nSPS) is 11.0. The first-order valence-corrected chi connectivity index (χ1v) is 8.81. The molecule has 23 heavy (non-hydrogen) atoms. The predicted octanol–water partition coefficient (Wildman–Crippen LogP) is 4.05. The summed E-state index contributed by atoms with van der Waals surface area (Å²) < 4.78 is 1.09. The van der Waals surface area contributed by atoms with Crippen LogP contribution in [0, 0.1) is 13.8 Å². The molecule has 0 fully saturated rings. The first kappa shape index (κ1) is 20.4. The quantitative estimate of drug-likeness (QED) is 0.364. The van der Waals surface area contributed by atoms with Crippen molar-refractivity contribution in [1.29, 1.82) is 0 Å². The molecule has 126 valence electrons. The molecular weight excluding hydrogens is 487 g/mol. The summed E-state index contributed by atoms with van der Waals surface area (Å²) in [5, 5.41) is 7.81. The first-order chi connectivity index (χ1) is 10.6. The van der Waals surface area contributed by atoms with Crippen LogP contribution in [0.2, 0.25) is 0 Å². The molecule has 0 aliphatic heterocycles. The Bertz CT molecular complexity index is 638. The van der Waals surface area contributed by atoms with Gasteiger partial charge in [-0.05, 0) is 31.5 Å². The van der Waals surface area contributed by atoms with Gasteiger partial charge in [0.2, 0.25) is 0 Å². The van der Waals surface area contributed by atoms with Crippen LogP contribution in [0.25, 0.3) is 0 Å². The number of hydrogen-bond donors (Lipinski definition) is 2. The minimum Gasteiger partial charge on any atom is -0.356 e. The number of aliphatic imine (C=N–C) groups is 1. The maximum absolute atomic E-state index is 4.55. The molecule has 0 amide bonds. The minimum absolute atomic E-state index is 0. The average Bonchev–Trinajstić information content (AvgIpc) is 2.81. The third kappa shape index (κ3) is 6.76. The largest absolute Gasteiger partial charge is 0.356 e. The van der Waals surface area contributed by atoms with E-state index < -0.39 is 0 Å². The van der Waals surface area contributed by atoms with Gasteiger partial charge in [0.05, 0.1) is 10.7 Å². The Hall–Kier alpha value is -0.670. The van der Waals surface area contributed by atoms with Crippen LogP contribution in [0.3, 0.4) is 0 Å². The number of rotatable bonds is 5. The van der Waals surface area contributed by atoms with Gasteiger partial charge in [0.15, 0.2) is 5.96 Å². The Balaban J connectivity index is 0.00000264. The van der Waals surface area contributed by atoms with Gasteiger partial charge in [0.25, 0.3) is 0 Å². The van der Waals surface area contributed by atoms with E-state index in [-0.39, 0.29) is 24.0 Å². The van der Waals surface area contributed by atoms with E-state index in [1.54, 1.807) is 18.4 Å². The SMILES string of the molecule is CN=C(NCCc1nc(C)c(C)s1)NCc1cccc(Br)c1.I. The lowest BCUT2D eigenvalue weighted by atomic mass is 10.2. The van der Waals surface area contributed by atoms with E-state index in [9.17, 15) is 0 Å². The van der Waals surface area contributed by atoms with Gasteiger partial charge in [-0.3, -0.25) is 4.99 Å². The molecule has 1 heterocycles. The zero-order chi connectivity index (χ0) is 15.9. The molecule has 2 aromatic rings. The second-order valence-electron chi connectivity index (χ2n) is 4.98. The average molecular weight is 509 g/mol. The Kier molecular flexibility index (Phi) is 9.08. The summed E-state index contributed by atoms with van der Waals surface area (Å²) in [7, 11) is 1.79. The predicted molar refractivity (Wildman–Crippen MR) is 113 cm³/mol. The van der Waals surface area contributed by atoms with Crippen molar-refractivity contribution in [3.05, 3.63) is 49.9 Å². The Morgan fingerprint density at radius 3 is 2.70 bits per heavy atom. The van der Waals surface area contributed by atoms with Crippen molar-refractivity contribution in [2.45, 2.75) is 26.8 Å². The van der Waals surface area contributed by atoms with Gasteiger partial charge in [-0.1, -0.05) is 28.1 Å². The van der Waals surface area contributed by atoms with Gasteiger partial charge in [-0.15, -0.1) is 35.3 Å². The molecule has 1 aromatic carbocycles. The van der Waals surface area contributed by atoms with Crippen LogP contribution in [0.4, 0.5) is 0 Å². The van der Waals surface area contributed by atoms with Crippen LogP contribution in [0.5, 0.6) is 0 Å². The van der Waals surface area contributed by atoms with Crippen molar-refractivity contribution in [3.8, 4) is 0 Å². The number of guanidine groups is 1. The second kappa shape index (κ2) is 10.2. The highest BCUT2D eigenvalue weighted by atomic mass is 127. The van der Waals surface area contributed by atoms with E-state index in [1.165, 1.54) is 15.4 Å². The molecule has 0 unspecified atom stereocenters. The standard InChI is InChI=1S/C16H21BrN4S.HI/c1-11-12(2)22-15(21-11)7-8-19-16(18-3)20-10-13-5-4-6-14(17)9-13;/h4-6,9H,7-8,10H2,1-3H3,(H2,18,19,20);1H. The van der Waals surface area contributed by atoms with Crippen LogP contribution >= 0.6 is 51.2 Å². The molecule has 0 radical (unpaired) electrons. The fraction of sp³-hybridized carbons (Fsp3) is 0.375. The lowest BCUT2D eigenvalue weighted by Gasteiger charge is -2.11. The molecule has 0 saturated carbocycles. The molecule has 0 aliphatic rings. The van der Waals surface area contributed by atoms with Gasteiger partial charge < -0.3 is 10.6 Å². The summed E-state index contributed by atoms with van der Waals surface area (Å²) in [6, 6.07) is 8.24. The number of benzene rings is 1. The van der Waals surface area contributed by atoms with E-state index in [0.717, 1.165) is 35.6 Å². The minimum atomic E-state index is 0. The third-order valence-corrected chi connectivity index (χ3v) is 4.90. The van der Waals surface area contributed by atoms with E-state index in [0.29, 0.717) is 0 Å². The molecule has 0 saturated heterocycles. The number of nitrogens with one attached hydrogen (secondary N) is 2. The highest BCUT2D eigenvalue weighted by Gasteiger charge is 2.04. The van der Waals surface area contributed by atoms with Crippen molar-refractivity contribution in [1.82, 2.24) is 15.6 Å². The van der Waals surface area contributed by atoms with Crippen LogP contribution < -0.4 is 10.6 Å². The van der Waals surface area contributed by atoms with Gasteiger partial charge in [0, 0.05) is 35.9 Å². The van der Waals surface area contributed by atoms with Gasteiger partial charge in [-0.2, -0.15) is 0 Å². The summed E-state index contributed by atoms with van der Waals surface area (Å²) in [6.45, 7) is 5.74. The van der Waals surface area contributed by atoms with Crippen LogP contribution in [-0.2, 0) is 13.0 Å². The fourth-order valence-electron chi connectivity index (χ4n) is 1.99. The molecule has 0 atom stereocenters. The molecule has 2 rings (SSSR count). The molecule has 0 aliphatic carbocycles. The number of hydrogen-bond acceptors (Lipinski definition) is 3. The van der Waals surface area contributed by atoms with Crippen LogP contribution in [-0.4, -0.2) is 24.5 Å². The summed E-state index contributed by atoms with van der Waals surface area (Å²) in [6.07, 6.45) is 0.914. The second-order valence-corrected chi connectivity index (χ2v) is 7.19. The highest BCUT2D eigenvalue weighted by Crippen LogP contribution is 2.16. The topological polar surface area (TPSA) is 49.3 Å². The highest BCUT2D eigenvalue weighted by molar-refractivity contribution is 14.0. The maximum Gasteiger partial charge on any atom is 0.191 e. The van der Waals surface area contributed by atoms with Gasteiger partial charge in [0.1, 0.15) is 0 Å². The van der Waals surface area contributed by atoms with Crippen molar-refractivity contribution in [2.75, 3.05) is 13.6 Å². The molecule has 0 spiro atoms. The van der Waals surface area contributed by atoms with Crippen molar-refractivity contribution < 1.29 is 0 Å². The molecule has 0 bridgehead atoms. The van der Waals surface area contributed by atoms with Crippen molar-refractivity contribution >= 4 is 57.2 Å². The first-order valence-electron chi connectivity index (χ1n) is 7.20. The summed E-state index contributed by atoms with van der Waals surface area (Å²) in [4.78, 5) is 10.1.